The highest BCUT2D eigenvalue weighted by Gasteiger charge is 2.16. The highest BCUT2D eigenvalue weighted by Crippen LogP contribution is 2.06. The molecule has 5 heteroatoms. The first-order chi connectivity index (χ1) is 10.9. The van der Waals surface area contributed by atoms with Crippen LogP contribution in [-0.4, -0.2) is 28.2 Å². The number of hydrogen-bond donors (Lipinski definition) is 2. The fourth-order valence-electron chi connectivity index (χ4n) is 2.11. The van der Waals surface area contributed by atoms with Crippen LogP contribution in [0, 0.1) is 0 Å². The molecule has 1 aromatic heterocycles. The van der Waals surface area contributed by atoms with E-state index in [9.17, 15) is 4.79 Å². The zero-order valence-corrected chi connectivity index (χ0v) is 14.0. The molecule has 2 rings (SSSR count). The molecule has 23 heavy (non-hydrogen) atoms. The number of hydrogen-bond acceptors (Lipinski definition) is 4. The van der Waals surface area contributed by atoms with E-state index >= 15 is 0 Å². The molecule has 0 aliphatic rings. The van der Waals surface area contributed by atoms with Crippen LogP contribution in [0.25, 0.3) is 0 Å². The van der Waals surface area contributed by atoms with Gasteiger partial charge in [0.1, 0.15) is 5.82 Å². The molecule has 0 atom stereocenters. The van der Waals surface area contributed by atoms with Crippen LogP contribution in [0.1, 0.15) is 43.2 Å². The number of carbonyl (C=O) groups excluding carboxylic acids is 1. The van der Waals surface area contributed by atoms with Gasteiger partial charge in [0.25, 0.3) is 5.91 Å². The van der Waals surface area contributed by atoms with Crippen LogP contribution in [0.2, 0.25) is 0 Å². The Morgan fingerprint density at radius 3 is 2.39 bits per heavy atom. The van der Waals surface area contributed by atoms with Gasteiger partial charge in [-0.2, -0.15) is 0 Å². The van der Waals surface area contributed by atoms with Crippen molar-refractivity contribution in [1.29, 1.82) is 0 Å². The van der Waals surface area contributed by atoms with E-state index in [0.29, 0.717) is 11.5 Å². The predicted molar refractivity (Wildman–Crippen MR) is 92.5 cm³/mol. The van der Waals surface area contributed by atoms with E-state index in [1.807, 2.05) is 26.8 Å². The average Bonchev–Trinajstić information content (AvgIpc) is 2.51. The fraction of sp³-hybridized carbons (Fsp3) is 0.389. The Bertz CT molecular complexity index is 618. The monoisotopic (exact) mass is 312 g/mol. The van der Waals surface area contributed by atoms with Crippen LogP contribution in [0.5, 0.6) is 0 Å². The van der Waals surface area contributed by atoms with Crippen molar-refractivity contribution >= 4 is 11.7 Å². The fourth-order valence-corrected chi connectivity index (χ4v) is 2.11. The molecular formula is C18H24N4O. The first-order valence-electron chi connectivity index (χ1n) is 7.88. The maximum Gasteiger partial charge on any atom is 0.272 e. The van der Waals surface area contributed by atoms with E-state index < -0.39 is 0 Å². The summed E-state index contributed by atoms with van der Waals surface area (Å²) >= 11 is 0. The van der Waals surface area contributed by atoms with E-state index in [1.54, 1.807) is 12.1 Å². The number of aromatic nitrogens is 2. The maximum atomic E-state index is 12.0. The second kappa shape index (κ2) is 7.72. The minimum absolute atomic E-state index is 0.208. The Labute approximate surface area is 137 Å². The van der Waals surface area contributed by atoms with Crippen LogP contribution < -0.4 is 10.6 Å². The molecule has 122 valence electrons. The number of anilines is 1. The molecule has 0 saturated heterocycles. The third-order valence-corrected chi connectivity index (χ3v) is 3.18. The summed E-state index contributed by atoms with van der Waals surface area (Å²) in [6.45, 7) is 6.61. The van der Waals surface area contributed by atoms with Gasteiger partial charge < -0.3 is 10.6 Å². The van der Waals surface area contributed by atoms with Crippen LogP contribution in [-0.2, 0) is 6.42 Å². The molecule has 0 saturated carbocycles. The van der Waals surface area contributed by atoms with E-state index in [4.69, 9.17) is 0 Å². The van der Waals surface area contributed by atoms with Crippen molar-refractivity contribution in [3.8, 4) is 0 Å². The molecule has 1 aromatic carbocycles. The second-order valence-electron chi connectivity index (χ2n) is 6.52. The van der Waals surface area contributed by atoms with Crippen molar-refractivity contribution in [1.82, 2.24) is 15.5 Å². The van der Waals surface area contributed by atoms with Crippen LogP contribution in [0.3, 0.4) is 0 Å². The summed E-state index contributed by atoms with van der Waals surface area (Å²) in [4.78, 5) is 12.0. The predicted octanol–water partition coefficient (Wildman–Crippen LogP) is 3.05. The molecular weight excluding hydrogens is 288 g/mol. The SMILES string of the molecule is CC(C)(C)NC(=O)c1ccc(NCCCc2ccccc2)nn1. The highest BCUT2D eigenvalue weighted by atomic mass is 16.2. The number of carbonyl (C=O) groups is 1. The Morgan fingerprint density at radius 2 is 1.78 bits per heavy atom. The highest BCUT2D eigenvalue weighted by molar-refractivity contribution is 5.92. The number of amides is 1. The second-order valence-corrected chi connectivity index (χ2v) is 6.52. The molecule has 2 N–H and O–H groups in total. The molecule has 2 aromatic rings. The molecule has 5 nitrogen and oxygen atoms in total. The van der Waals surface area contributed by atoms with E-state index in [0.717, 1.165) is 19.4 Å². The molecule has 0 unspecified atom stereocenters. The molecule has 0 radical (unpaired) electrons. The van der Waals surface area contributed by atoms with Gasteiger partial charge in [0, 0.05) is 12.1 Å². The van der Waals surface area contributed by atoms with Crippen molar-refractivity contribution in [3.63, 3.8) is 0 Å². The summed E-state index contributed by atoms with van der Waals surface area (Å²) in [5, 5.41) is 14.1. The van der Waals surface area contributed by atoms with E-state index in [2.05, 4.69) is 45.1 Å². The maximum absolute atomic E-state index is 12.0. The third kappa shape index (κ3) is 6.06. The molecule has 0 aliphatic heterocycles. The van der Waals surface area contributed by atoms with Crippen LogP contribution in [0.15, 0.2) is 42.5 Å². The normalized spacial score (nSPS) is 11.1. The van der Waals surface area contributed by atoms with Gasteiger partial charge >= 0.3 is 0 Å². The van der Waals surface area contributed by atoms with Gasteiger partial charge in [-0.3, -0.25) is 4.79 Å². The average molecular weight is 312 g/mol. The lowest BCUT2D eigenvalue weighted by Crippen LogP contribution is -2.41. The van der Waals surface area contributed by atoms with Crippen LogP contribution in [0.4, 0.5) is 5.82 Å². The quantitative estimate of drug-likeness (QED) is 0.805. The lowest BCUT2D eigenvalue weighted by Gasteiger charge is -2.19. The topological polar surface area (TPSA) is 66.9 Å². The summed E-state index contributed by atoms with van der Waals surface area (Å²) in [6.07, 6.45) is 2.03. The largest absolute Gasteiger partial charge is 0.369 e. The minimum Gasteiger partial charge on any atom is -0.369 e. The molecule has 0 spiro atoms. The Morgan fingerprint density at radius 1 is 1.04 bits per heavy atom. The van der Waals surface area contributed by atoms with Crippen molar-refractivity contribution in [2.75, 3.05) is 11.9 Å². The van der Waals surface area contributed by atoms with Crippen LogP contribution >= 0.6 is 0 Å². The van der Waals surface area contributed by atoms with Gasteiger partial charge in [0.15, 0.2) is 5.69 Å². The molecule has 0 bridgehead atoms. The summed E-state index contributed by atoms with van der Waals surface area (Å²) in [7, 11) is 0. The lowest BCUT2D eigenvalue weighted by atomic mass is 10.1. The molecule has 0 fully saturated rings. The van der Waals surface area contributed by atoms with Crippen molar-refractivity contribution in [3.05, 3.63) is 53.7 Å². The summed E-state index contributed by atoms with van der Waals surface area (Å²) < 4.78 is 0. The molecule has 1 heterocycles. The van der Waals surface area contributed by atoms with Crippen molar-refractivity contribution in [2.24, 2.45) is 0 Å². The summed E-state index contributed by atoms with van der Waals surface area (Å²) in [5.41, 5.74) is 1.37. The Hall–Kier alpha value is -2.43. The molecule has 0 aliphatic carbocycles. The number of nitrogens with one attached hydrogen (secondary N) is 2. The van der Waals surface area contributed by atoms with Gasteiger partial charge in [-0.05, 0) is 51.3 Å². The number of aryl methyl sites for hydroxylation is 1. The van der Waals surface area contributed by atoms with Crippen molar-refractivity contribution in [2.45, 2.75) is 39.2 Å². The first-order valence-corrected chi connectivity index (χ1v) is 7.88. The van der Waals surface area contributed by atoms with Gasteiger partial charge in [-0.15, -0.1) is 10.2 Å². The Balaban J connectivity index is 1.78. The Kier molecular flexibility index (Phi) is 5.68. The molecule has 1 amide bonds. The van der Waals surface area contributed by atoms with E-state index in [-0.39, 0.29) is 11.4 Å². The van der Waals surface area contributed by atoms with E-state index in [1.165, 1.54) is 5.56 Å². The number of rotatable bonds is 6. The summed E-state index contributed by atoms with van der Waals surface area (Å²) in [6, 6.07) is 13.9. The first kappa shape index (κ1) is 16.9. The summed E-state index contributed by atoms with van der Waals surface area (Å²) in [5.74, 6) is 0.478. The van der Waals surface area contributed by atoms with Gasteiger partial charge in [-0.1, -0.05) is 30.3 Å². The third-order valence-electron chi connectivity index (χ3n) is 3.18. The van der Waals surface area contributed by atoms with Crippen molar-refractivity contribution < 1.29 is 4.79 Å². The number of nitrogens with zero attached hydrogens (tertiary/aromatic N) is 2. The zero-order chi connectivity index (χ0) is 16.7. The van der Waals surface area contributed by atoms with Gasteiger partial charge in [0.2, 0.25) is 0 Å². The lowest BCUT2D eigenvalue weighted by molar-refractivity contribution is 0.0913. The standard InChI is InChI=1S/C18H24N4O/c1-18(2,3)20-17(23)15-11-12-16(22-21-15)19-13-7-10-14-8-5-4-6-9-14/h4-6,8-9,11-12H,7,10,13H2,1-3H3,(H,19,22)(H,20,23). The smallest absolute Gasteiger partial charge is 0.272 e. The zero-order valence-electron chi connectivity index (χ0n) is 14.0. The number of benzene rings is 1. The van der Waals surface area contributed by atoms with Gasteiger partial charge in [-0.25, -0.2) is 0 Å². The van der Waals surface area contributed by atoms with Gasteiger partial charge in [0.05, 0.1) is 0 Å². The minimum atomic E-state index is -0.285.